The molecule has 0 heterocycles. The van der Waals surface area contributed by atoms with Crippen molar-refractivity contribution in [1.82, 2.24) is 0 Å². The zero-order valence-electron chi connectivity index (χ0n) is 11.0. The summed E-state index contributed by atoms with van der Waals surface area (Å²) in [5.74, 6) is 0. The van der Waals surface area contributed by atoms with Crippen molar-refractivity contribution in [3.8, 4) is 0 Å². The first kappa shape index (κ1) is 12.6. The quantitative estimate of drug-likeness (QED) is 0.621. The standard InChI is InChI=1S/C18H20/c1-3-9-15(4-2)17-12-8-13-18(14-17)16-10-6-5-7-11-16/h3,5-7,9-11,13-14H,1,4,8,12H2,2H3/b15-9+. The lowest BCUT2D eigenvalue weighted by atomic mass is 9.89. The van der Waals surface area contributed by atoms with Crippen molar-refractivity contribution in [3.63, 3.8) is 0 Å². The summed E-state index contributed by atoms with van der Waals surface area (Å²) in [5, 5.41) is 0. The summed E-state index contributed by atoms with van der Waals surface area (Å²) in [6.45, 7) is 6.01. The molecule has 0 aliphatic heterocycles. The highest BCUT2D eigenvalue weighted by molar-refractivity contribution is 5.76. The molecular formula is C18H20. The first-order valence-electron chi connectivity index (χ1n) is 6.63. The van der Waals surface area contributed by atoms with Gasteiger partial charge in [-0.2, -0.15) is 0 Å². The summed E-state index contributed by atoms with van der Waals surface area (Å²) >= 11 is 0. The fourth-order valence-corrected chi connectivity index (χ4v) is 2.38. The van der Waals surface area contributed by atoms with Gasteiger partial charge in [-0.1, -0.05) is 68.1 Å². The molecule has 2 rings (SSSR count). The zero-order chi connectivity index (χ0) is 12.8. The Hall–Kier alpha value is -1.82. The Labute approximate surface area is 110 Å². The second kappa shape index (κ2) is 6.20. The maximum absolute atomic E-state index is 3.80. The van der Waals surface area contributed by atoms with E-state index in [2.05, 4.69) is 62.1 Å². The van der Waals surface area contributed by atoms with Crippen LogP contribution in [0.15, 0.2) is 72.4 Å². The van der Waals surface area contributed by atoms with Crippen LogP contribution in [0, 0.1) is 0 Å². The summed E-state index contributed by atoms with van der Waals surface area (Å²) in [4.78, 5) is 0. The largest absolute Gasteiger partial charge is 0.0991 e. The molecule has 0 heteroatoms. The van der Waals surface area contributed by atoms with E-state index in [-0.39, 0.29) is 0 Å². The second-order valence-electron chi connectivity index (χ2n) is 4.51. The van der Waals surface area contributed by atoms with Gasteiger partial charge in [0.1, 0.15) is 0 Å². The molecule has 1 aliphatic rings. The van der Waals surface area contributed by atoms with Gasteiger partial charge in [-0.25, -0.2) is 0 Å². The van der Waals surface area contributed by atoms with Gasteiger partial charge in [0.2, 0.25) is 0 Å². The van der Waals surface area contributed by atoms with E-state index in [0.29, 0.717) is 0 Å². The van der Waals surface area contributed by atoms with Crippen LogP contribution < -0.4 is 0 Å². The number of rotatable bonds is 4. The van der Waals surface area contributed by atoms with Crippen molar-refractivity contribution in [2.45, 2.75) is 26.2 Å². The minimum atomic E-state index is 1.07. The molecule has 0 spiro atoms. The predicted molar refractivity (Wildman–Crippen MR) is 80.3 cm³/mol. The van der Waals surface area contributed by atoms with Gasteiger partial charge in [-0.15, -0.1) is 0 Å². The van der Waals surface area contributed by atoms with Crippen LogP contribution >= 0.6 is 0 Å². The average Bonchev–Trinajstić information content (AvgIpc) is 2.46. The Morgan fingerprint density at radius 2 is 2.06 bits per heavy atom. The maximum Gasteiger partial charge on any atom is -0.0187 e. The van der Waals surface area contributed by atoms with E-state index in [1.807, 2.05) is 6.08 Å². The summed E-state index contributed by atoms with van der Waals surface area (Å²) < 4.78 is 0. The van der Waals surface area contributed by atoms with E-state index < -0.39 is 0 Å². The van der Waals surface area contributed by atoms with E-state index in [0.717, 1.165) is 19.3 Å². The lowest BCUT2D eigenvalue weighted by Gasteiger charge is -2.16. The summed E-state index contributed by atoms with van der Waals surface area (Å²) in [6.07, 6.45) is 12.0. The summed E-state index contributed by atoms with van der Waals surface area (Å²) in [6, 6.07) is 10.6. The molecule has 0 amide bonds. The summed E-state index contributed by atoms with van der Waals surface area (Å²) in [7, 11) is 0. The SMILES string of the molecule is C=C/C=C(\CC)C1=CC(c2ccccc2)=CCC1. The van der Waals surface area contributed by atoms with E-state index >= 15 is 0 Å². The van der Waals surface area contributed by atoms with E-state index in [4.69, 9.17) is 0 Å². The van der Waals surface area contributed by atoms with Crippen LogP contribution in [-0.2, 0) is 0 Å². The van der Waals surface area contributed by atoms with Crippen molar-refractivity contribution in [3.05, 3.63) is 77.9 Å². The van der Waals surface area contributed by atoms with Gasteiger partial charge in [-0.3, -0.25) is 0 Å². The molecule has 0 aromatic heterocycles. The normalized spacial score (nSPS) is 15.9. The number of hydrogen-bond donors (Lipinski definition) is 0. The monoisotopic (exact) mass is 236 g/mol. The van der Waals surface area contributed by atoms with Crippen LogP contribution in [0.3, 0.4) is 0 Å². The molecule has 0 fully saturated rings. The molecule has 92 valence electrons. The number of benzene rings is 1. The van der Waals surface area contributed by atoms with Crippen molar-refractivity contribution >= 4 is 5.57 Å². The molecule has 0 atom stereocenters. The maximum atomic E-state index is 3.80. The first-order chi connectivity index (χ1) is 8.85. The van der Waals surface area contributed by atoms with Crippen LogP contribution in [0.2, 0.25) is 0 Å². The molecule has 0 radical (unpaired) electrons. The van der Waals surface area contributed by atoms with Gasteiger partial charge in [0.15, 0.2) is 0 Å². The van der Waals surface area contributed by atoms with Gasteiger partial charge in [-0.05, 0) is 41.5 Å². The third-order valence-electron chi connectivity index (χ3n) is 3.33. The minimum absolute atomic E-state index is 1.07. The molecule has 0 saturated heterocycles. The highest BCUT2D eigenvalue weighted by atomic mass is 14.1. The molecule has 0 N–H and O–H groups in total. The van der Waals surface area contributed by atoms with Crippen LogP contribution in [-0.4, -0.2) is 0 Å². The number of allylic oxidation sites excluding steroid dienone is 7. The zero-order valence-corrected chi connectivity index (χ0v) is 11.0. The predicted octanol–water partition coefficient (Wildman–Crippen LogP) is 5.31. The van der Waals surface area contributed by atoms with Crippen molar-refractivity contribution < 1.29 is 0 Å². The molecule has 1 aromatic carbocycles. The highest BCUT2D eigenvalue weighted by Crippen LogP contribution is 2.30. The Balaban J connectivity index is 2.31. The van der Waals surface area contributed by atoms with Gasteiger partial charge >= 0.3 is 0 Å². The topological polar surface area (TPSA) is 0 Å². The van der Waals surface area contributed by atoms with Crippen molar-refractivity contribution in [2.24, 2.45) is 0 Å². The highest BCUT2D eigenvalue weighted by Gasteiger charge is 2.09. The number of hydrogen-bond acceptors (Lipinski definition) is 0. The van der Waals surface area contributed by atoms with E-state index in [1.54, 1.807) is 0 Å². The lowest BCUT2D eigenvalue weighted by molar-refractivity contribution is 0.942. The van der Waals surface area contributed by atoms with Crippen molar-refractivity contribution in [2.75, 3.05) is 0 Å². The van der Waals surface area contributed by atoms with E-state index in [9.17, 15) is 0 Å². The van der Waals surface area contributed by atoms with Gasteiger partial charge in [0.05, 0.1) is 0 Å². The fourth-order valence-electron chi connectivity index (χ4n) is 2.38. The molecular weight excluding hydrogens is 216 g/mol. The Morgan fingerprint density at radius 3 is 2.72 bits per heavy atom. The Bertz CT molecular complexity index is 498. The Morgan fingerprint density at radius 1 is 1.28 bits per heavy atom. The van der Waals surface area contributed by atoms with Gasteiger partial charge in [0, 0.05) is 0 Å². The third kappa shape index (κ3) is 2.89. The molecule has 0 unspecified atom stereocenters. The van der Waals surface area contributed by atoms with E-state index in [1.165, 1.54) is 22.3 Å². The van der Waals surface area contributed by atoms with Crippen LogP contribution in [0.5, 0.6) is 0 Å². The van der Waals surface area contributed by atoms with Crippen molar-refractivity contribution in [1.29, 1.82) is 0 Å². The van der Waals surface area contributed by atoms with Crippen LogP contribution in [0.1, 0.15) is 31.7 Å². The fraction of sp³-hybridized carbons (Fsp3) is 0.222. The summed E-state index contributed by atoms with van der Waals surface area (Å²) in [5.41, 5.74) is 5.52. The minimum Gasteiger partial charge on any atom is -0.0991 e. The second-order valence-corrected chi connectivity index (χ2v) is 4.51. The van der Waals surface area contributed by atoms with Crippen LogP contribution in [0.4, 0.5) is 0 Å². The average molecular weight is 236 g/mol. The molecule has 18 heavy (non-hydrogen) atoms. The smallest absolute Gasteiger partial charge is 0.0187 e. The first-order valence-corrected chi connectivity index (χ1v) is 6.63. The lowest BCUT2D eigenvalue weighted by Crippen LogP contribution is -1.95. The molecule has 0 bridgehead atoms. The molecule has 0 nitrogen and oxygen atoms in total. The Kier molecular flexibility index (Phi) is 4.35. The molecule has 1 aromatic rings. The van der Waals surface area contributed by atoms with Gasteiger partial charge < -0.3 is 0 Å². The van der Waals surface area contributed by atoms with Gasteiger partial charge in [0.25, 0.3) is 0 Å². The van der Waals surface area contributed by atoms with Crippen LogP contribution in [0.25, 0.3) is 5.57 Å². The molecule has 0 saturated carbocycles. The third-order valence-corrected chi connectivity index (χ3v) is 3.33. The molecule has 1 aliphatic carbocycles.